The molecule has 1 aliphatic heterocycles. The third-order valence-electron chi connectivity index (χ3n) is 4.46. The van der Waals surface area contributed by atoms with Crippen LogP contribution in [0.2, 0.25) is 5.02 Å². The van der Waals surface area contributed by atoms with Crippen molar-refractivity contribution in [2.45, 2.75) is 11.3 Å². The molecule has 0 bridgehead atoms. The first-order valence-corrected chi connectivity index (χ1v) is 9.52. The number of nitrogens with zero attached hydrogens (tertiary/aromatic N) is 3. The molecule has 4 aromatic rings. The maximum Gasteiger partial charge on any atom is 0.164 e. The van der Waals surface area contributed by atoms with Gasteiger partial charge in [0.2, 0.25) is 0 Å². The van der Waals surface area contributed by atoms with E-state index in [1.165, 1.54) is 10.5 Å². The van der Waals surface area contributed by atoms with Crippen molar-refractivity contribution >= 4 is 34.4 Å². The van der Waals surface area contributed by atoms with Gasteiger partial charge in [-0.05, 0) is 36.2 Å². The highest BCUT2D eigenvalue weighted by Crippen LogP contribution is 2.41. The number of thioether (sulfide) groups is 1. The van der Waals surface area contributed by atoms with Crippen LogP contribution in [-0.4, -0.2) is 20.5 Å². The van der Waals surface area contributed by atoms with Crippen LogP contribution in [0.5, 0.6) is 0 Å². The van der Waals surface area contributed by atoms with E-state index in [4.69, 9.17) is 21.7 Å². The summed E-state index contributed by atoms with van der Waals surface area (Å²) in [4.78, 5) is 6.07. The molecular weight excluding hydrogens is 350 g/mol. The van der Waals surface area contributed by atoms with Gasteiger partial charge in [-0.25, -0.2) is 9.67 Å². The topological polar surface area (TPSA) is 30.7 Å². The second kappa shape index (κ2) is 5.90. The zero-order valence-corrected chi connectivity index (χ0v) is 14.9. The monoisotopic (exact) mass is 363 g/mol. The molecule has 0 fully saturated rings. The lowest BCUT2D eigenvalue weighted by atomic mass is 10.1. The molecule has 0 saturated heterocycles. The highest BCUT2D eigenvalue weighted by Gasteiger charge is 2.23. The Labute approximate surface area is 154 Å². The standard InChI is InChI=1S/C20H14ClN3S/c21-15-8-6-13(7-9-15)18-17-19-14(10-11-25-19)12-22-20(17)24(23-18)16-4-2-1-3-5-16/h1-9,12H,10-11H2. The zero-order valence-electron chi connectivity index (χ0n) is 13.3. The third-order valence-corrected chi connectivity index (χ3v) is 5.87. The number of aryl methyl sites for hydroxylation is 1. The largest absolute Gasteiger partial charge is 0.236 e. The van der Waals surface area contributed by atoms with Gasteiger partial charge in [0, 0.05) is 27.4 Å². The van der Waals surface area contributed by atoms with Crippen molar-refractivity contribution in [3.63, 3.8) is 0 Å². The Morgan fingerprint density at radius 3 is 2.60 bits per heavy atom. The van der Waals surface area contributed by atoms with Crippen molar-refractivity contribution < 1.29 is 0 Å². The molecule has 122 valence electrons. The first-order valence-electron chi connectivity index (χ1n) is 8.16. The lowest BCUT2D eigenvalue weighted by Crippen LogP contribution is -1.97. The van der Waals surface area contributed by atoms with Crippen LogP contribution < -0.4 is 0 Å². The van der Waals surface area contributed by atoms with Crippen LogP contribution in [-0.2, 0) is 6.42 Å². The van der Waals surface area contributed by atoms with Crippen LogP contribution in [0.4, 0.5) is 0 Å². The lowest BCUT2D eigenvalue weighted by molar-refractivity contribution is 0.899. The third kappa shape index (κ3) is 2.44. The quantitative estimate of drug-likeness (QED) is 0.478. The number of para-hydroxylation sites is 1. The van der Waals surface area contributed by atoms with Gasteiger partial charge in [-0.15, -0.1) is 11.8 Å². The van der Waals surface area contributed by atoms with Crippen molar-refractivity contribution in [3.05, 3.63) is 71.4 Å². The van der Waals surface area contributed by atoms with Gasteiger partial charge in [0.15, 0.2) is 5.65 Å². The Kier molecular flexibility index (Phi) is 3.54. The minimum atomic E-state index is 0.730. The SMILES string of the molecule is Clc1ccc(-c2nn(-c3ccccc3)c3ncc4c(c23)SCC4)cc1. The van der Waals surface area contributed by atoms with Crippen LogP contribution in [0.25, 0.3) is 28.0 Å². The Bertz CT molecular complexity index is 1070. The van der Waals surface area contributed by atoms with Gasteiger partial charge in [0.25, 0.3) is 0 Å². The molecule has 2 aromatic carbocycles. The Morgan fingerprint density at radius 2 is 1.80 bits per heavy atom. The molecule has 0 radical (unpaired) electrons. The number of halogens is 1. The molecule has 1 aliphatic rings. The molecule has 3 heterocycles. The minimum Gasteiger partial charge on any atom is -0.236 e. The number of pyridine rings is 1. The molecule has 0 saturated carbocycles. The predicted molar refractivity (Wildman–Crippen MR) is 104 cm³/mol. The fraction of sp³-hybridized carbons (Fsp3) is 0.100. The van der Waals surface area contributed by atoms with Crippen LogP contribution in [0, 0.1) is 0 Å². The van der Waals surface area contributed by atoms with Crippen LogP contribution >= 0.6 is 23.4 Å². The molecule has 25 heavy (non-hydrogen) atoms. The Hall–Kier alpha value is -2.30. The van der Waals surface area contributed by atoms with E-state index >= 15 is 0 Å². The average Bonchev–Trinajstić information content (AvgIpc) is 3.27. The normalized spacial score (nSPS) is 13.3. The van der Waals surface area contributed by atoms with Gasteiger partial charge in [0.1, 0.15) is 5.69 Å². The molecule has 5 rings (SSSR count). The van der Waals surface area contributed by atoms with Gasteiger partial charge < -0.3 is 0 Å². The highest BCUT2D eigenvalue weighted by molar-refractivity contribution is 7.99. The number of aromatic nitrogens is 3. The molecule has 0 aliphatic carbocycles. The van der Waals surface area contributed by atoms with E-state index in [9.17, 15) is 0 Å². The summed E-state index contributed by atoms with van der Waals surface area (Å²) < 4.78 is 1.94. The van der Waals surface area contributed by atoms with Crippen LogP contribution in [0.15, 0.2) is 65.7 Å². The van der Waals surface area contributed by atoms with E-state index in [1.807, 2.05) is 65.1 Å². The lowest BCUT2D eigenvalue weighted by Gasteiger charge is -2.04. The van der Waals surface area contributed by atoms with Crippen LogP contribution in [0.1, 0.15) is 5.56 Å². The highest BCUT2D eigenvalue weighted by atomic mass is 35.5. The van der Waals surface area contributed by atoms with Crippen molar-refractivity contribution in [3.8, 4) is 16.9 Å². The molecule has 0 unspecified atom stereocenters. The summed E-state index contributed by atoms with van der Waals surface area (Å²) in [6.07, 6.45) is 3.07. The van der Waals surface area contributed by atoms with E-state index in [1.54, 1.807) is 0 Å². The predicted octanol–water partition coefficient (Wildman–Crippen LogP) is 5.39. The summed E-state index contributed by atoms with van der Waals surface area (Å²) in [6.45, 7) is 0. The molecular formula is C20H14ClN3S. The summed E-state index contributed by atoms with van der Waals surface area (Å²) in [7, 11) is 0. The summed E-state index contributed by atoms with van der Waals surface area (Å²) in [6, 6.07) is 18.0. The molecule has 5 heteroatoms. The molecule has 0 amide bonds. The van der Waals surface area contributed by atoms with E-state index in [2.05, 4.69) is 12.1 Å². The first-order chi connectivity index (χ1) is 12.3. The van der Waals surface area contributed by atoms with Crippen molar-refractivity contribution in [2.24, 2.45) is 0 Å². The van der Waals surface area contributed by atoms with Gasteiger partial charge in [-0.1, -0.05) is 41.9 Å². The second-order valence-electron chi connectivity index (χ2n) is 6.01. The Morgan fingerprint density at radius 1 is 1.00 bits per heavy atom. The number of hydrogen-bond donors (Lipinski definition) is 0. The summed E-state index contributed by atoms with van der Waals surface area (Å²) in [5.74, 6) is 1.10. The maximum absolute atomic E-state index is 6.07. The zero-order chi connectivity index (χ0) is 16.8. The number of benzene rings is 2. The minimum absolute atomic E-state index is 0.730. The van der Waals surface area contributed by atoms with Gasteiger partial charge in [0.05, 0.1) is 11.1 Å². The van der Waals surface area contributed by atoms with Crippen molar-refractivity contribution in [1.82, 2.24) is 14.8 Å². The fourth-order valence-electron chi connectivity index (χ4n) is 3.26. The van der Waals surface area contributed by atoms with Gasteiger partial charge >= 0.3 is 0 Å². The first kappa shape index (κ1) is 15.0. The van der Waals surface area contributed by atoms with E-state index in [0.29, 0.717) is 0 Å². The average molecular weight is 364 g/mol. The Balaban J connectivity index is 1.84. The fourth-order valence-corrected chi connectivity index (χ4v) is 4.59. The summed E-state index contributed by atoms with van der Waals surface area (Å²) in [5, 5.41) is 6.81. The molecule has 2 aromatic heterocycles. The van der Waals surface area contributed by atoms with Crippen LogP contribution in [0.3, 0.4) is 0 Å². The summed E-state index contributed by atoms with van der Waals surface area (Å²) >= 11 is 7.97. The number of fused-ring (bicyclic) bond motifs is 3. The number of hydrogen-bond acceptors (Lipinski definition) is 3. The van der Waals surface area contributed by atoms with E-state index in [0.717, 1.165) is 45.2 Å². The molecule has 0 N–H and O–H groups in total. The molecule has 3 nitrogen and oxygen atoms in total. The maximum atomic E-state index is 6.07. The summed E-state index contributed by atoms with van der Waals surface area (Å²) in [5.41, 5.74) is 5.27. The van der Waals surface area contributed by atoms with Crippen molar-refractivity contribution in [1.29, 1.82) is 0 Å². The molecule has 0 spiro atoms. The van der Waals surface area contributed by atoms with E-state index in [-0.39, 0.29) is 0 Å². The smallest absolute Gasteiger partial charge is 0.164 e. The van der Waals surface area contributed by atoms with Gasteiger partial charge in [-0.3, -0.25) is 0 Å². The van der Waals surface area contributed by atoms with Gasteiger partial charge in [-0.2, -0.15) is 5.10 Å². The van der Waals surface area contributed by atoms with E-state index < -0.39 is 0 Å². The number of rotatable bonds is 2. The molecule has 0 atom stereocenters. The second-order valence-corrected chi connectivity index (χ2v) is 7.55. The van der Waals surface area contributed by atoms with Crippen molar-refractivity contribution in [2.75, 3.05) is 5.75 Å².